The highest BCUT2D eigenvalue weighted by Gasteiger charge is 2.37. The van der Waals surface area contributed by atoms with Gasteiger partial charge < -0.3 is 10.4 Å². The molecule has 27 heavy (non-hydrogen) atoms. The standard InChI is InChI=1S/C19H23N5O3/c25-18(26)12-23(11-13-5-6-13)15-9-14(10-15)21-19(27)16-3-1-4-17(22-16)24-8-2-7-20-24/h1-4,7-8,13-15H,5-6,9-12H2,(H,21,27)(H,25,26). The summed E-state index contributed by atoms with van der Waals surface area (Å²) >= 11 is 0. The van der Waals surface area contributed by atoms with Crippen LogP contribution in [0.4, 0.5) is 0 Å². The van der Waals surface area contributed by atoms with Gasteiger partial charge in [-0.15, -0.1) is 0 Å². The Balaban J connectivity index is 1.32. The summed E-state index contributed by atoms with van der Waals surface area (Å²) in [6, 6.07) is 7.36. The molecule has 2 aromatic heterocycles. The number of aromatic nitrogens is 3. The molecule has 2 heterocycles. The second-order valence-electron chi connectivity index (χ2n) is 7.39. The Morgan fingerprint density at radius 2 is 2.07 bits per heavy atom. The number of aliphatic carboxylic acids is 1. The van der Waals surface area contributed by atoms with Crippen LogP contribution in [0.15, 0.2) is 36.7 Å². The Morgan fingerprint density at radius 3 is 2.74 bits per heavy atom. The van der Waals surface area contributed by atoms with Gasteiger partial charge >= 0.3 is 5.97 Å². The Morgan fingerprint density at radius 1 is 1.26 bits per heavy atom. The summed E-state index contributed by atoms with van der Waals surface area (Å²) < 4.78 is 1.61. The summed E-state index contributed by atoms with van der Waals surface area (Å²) in [5.41, 5.74) is 0.354. The van der Waals surface area contributed by atoms with Gasteiger partial charge in [-0.25, -0.2) is 9.67 Å². The molecule has 0 saturated heterocycles. The van der Waals surface area contributed by atoms with E-state index in [1.165, 1.54) is 12.8 Å². The third kappa shape index (κ3) is 4.33. The van der Waals surface area contributed by atoms with Crippen molar-refractivity contribution in [1.29, 1.82) is 0 Å². The summed E-state index contributed by atoms with van der Waals surface area (Å²) in [5, 5.41) is 16.3. The molecular weight excluding hydrogens is 346 g/mol. The average Bonchev–Trinajstić information content (AvgIpc) is 3.25. The molecule has 2 fully saturated rings. The molecule has 8 nitrogen and oxygen atoms in total. The van der Waals surface area contributed by atoms with Gasteiger partial charge in [-0.2, -0.15) is 5.10 Å². The third-order valence-electron chi connectivity index (χ3n) is 5.20. The molecule has 2 N–H and O–H groups in total. The normalized spacial score (nSPS) is 21.7. The largest absolute Gasteiger partial charge is 0.480 e. The molecule has 142 valence electrons. The van der Waals surface area contributed by atoms with Crippen molar-refractivity contribution >= 4 is 11.9 Å². The molecule has 4 rings (SSSR count). The second-order valence-corrected chi connectivity index (χ2v) is 7.39. The smallest absolute Gasteiger partial charge is 0.317 e. The van der Waals surface area contributed by atoms with Crippen LogP contribution in [0, 0.1) is 5.92 Å². The van der Waals surface area contributed by atoms with E-state index in [9.17, 15) is 9.59 Å². The van der Waals surface area contributed by atoms with Gasteiger partial charge in [0.25, 0.3) is 5.91 Å². The third-order valence-corrected chi connectivity index (χ3v) is 5.20. The van der Waals surface area contributed by atoms with Crippen molar-refractivity contribution in [2.24, 2.45) is 5.92 Å². The van der Waals surface area contributed by atoms with Gasteiger partial charge in [0.15, 0.2) is 5.82 Å². The SMILES string of the molecule is O=C(O)CN(CC1CC1)C1CC(NC(=O)c2cccc(-n3cccn3)n2)C1. The van der Waals surface area contributed by atoms with Gasteiger partial charge in [-0.05, 0) is 49.8 Å². The Hall–Kier alpha value is -2.74. The summed E-state index contributed by atoms with van der Waals surface area (Å²) in [7, 11) is 0. The van der Waals surface area contributed by atoms with Crippen LogP contribution in [0.5, 0.6) is 0 Å². The van der Waals surface area contributed by atoms with E-state index in [0.717, 1.165) is 19.4 Å². The van der Waals surface area contributed by atoms with E-state index >= 15 is 0 Å². The maximum Gasteiger partial charge on any atom is 0.317 e. The summed E-state index contributed by atoms with van der Waals surface area (Å²) in [6.07, 6.45) is 7.39. The molecule has 0 aromatic carbocycles. The first-order chi connectivity index (χ1) is 13.1. The number of amides is 1. The van der Waals surface area contributed by atoms with Crippen molar-refractivity contribution in [3.05, 3.63) is 42.4 Å². The van der Waals surface area contributed by atoms with Crippen LogP contribution >= 0.6 is 0 Å². The van der Waals surface area contributed by atoms with Crippen molar-refractivity contribution < 1.29 is 14.7 Å². The molecule has 0 radical (unpaired) electrons. The average molecular weight is 369 g/mol. The Labute approximate surface area is 157 Å². The molecule has 2 aromatic rings. The molecule has 0 unspecified atom stereocenters. The van der Waals surface area contributed by atoms with E-state index in [0.29, 0.717) is 17.4 Å². The number of pyridine rings is 1. The van der Waals surface area contributed by atoms with Crippen molar-refractivity contribution in [3.8, 4) is 5.82 Å². The number of carbonyl (C=O) groups is 2. The monoisotopic (exact) mass is 369 g/mol. The molecule has 0 bridgehead atoms. The fourth-order valence-electron chi connectivity index (χ4n) is 3.49. The van der Waals surface area contributed by atoms with E-state index in [4.69, 9.17) is 5.11 Å². The van der Waals surface area contributed by atoms with Gasteiger partial charge in [0.2, 0.25) is 0 Å². The Bertz CT molecular complexity index is 813. The zero-order valence-corrected chi connectivity index (χ0v) is 15.0. The molecule has 0 atom stereocenters. The van der Waals surface area contributed by atoms with Crippen molar-refractivity contribution in [1.82, 2.24) is 25.0 Å². The van der Waals surface area contributed by atoms with Crippen LogP contribution in [0.1, 0.15) is 36.2 Å². The summed E-state index contributed by atoms with van der Waals surface area (Å²) in [5.74, 6) is 0.241. The van der Waals surface area contributed by atoms with E-state index in [2.05, 4.69) is 20.3 Å². The number of hydrogen-bond acceptors (Lipinski definition) is 5. The minimum atomic E-state index is -0.789. The first-order valence-electron chi connectivity index (χ1n) is 9.32. The lowest BCUT2D eigenvalue weighted by atomic mass is 9.85. The lowest BCUT2D eigenvalue weighted by molar-refractivity contribution is -0.139. The highest BCUT2D eigenvalue weighted by molar-refractivity contribution is 5.92. The van der Waals surface area contributed by atoms with Crippen LogP contribution in [0.3, 0.4) is 0 Å². The minimum absolute atomic E-state index is 0.0631. The fourth-order valence-corrected chi connectivity index (χ4v) is 3.49. The molecule has 0 aliphatic heterocycles. The number of rotatable bonds is 8. The van der Waals surface area contributed by atoms with Crippen LogP contribution in [0.2, 0.25) is 0 Å². The quantitative estimate of drug-likeness (QED) is 0.728. The highest BCUT2D eigenvalue weighted by atomic mass is 16.4. The van der Waals surface area contributed by atoms with Gasteiger partial charge in [-0.3, -0.25) is 14.5 Å². The van der Waals surface area contributed by atoms with Crippen LogP contribution in [-0.2, 0) is 4.79 Å². The first-order valence-corrected chi connectivity index (χ1v) is 9.32. The maximum absolute atomic E-state index is 12.5. The summed E-state index contributed by atoms with van der Waals surface area (Å²) in [4.78, 5) is 30.0. The lowest BCUT2D eigenvalue weighted by Crippen LogP contribution is -2.55. The zero-order chi connectivity index (χ0) is 18.8. The highest BCUT2D eigenvalue weighted by Crippen LogP contribution is 2.33. The number of hydrogen-bond donors (Lipinski definition) is 2. The second kappa shape index (κ2) is 7.48. The number of carbonyl (C=O) groups excluding carboxylic acids is 1. The minimum Gasteiger partial charge on any atom is -0.480 e. The van der Waals surface area contributed by atoms with E-state index in [1.807, 2.05) is 0 Å². The molecule has 2 saturated carbocycles. The van der Waals surface area contributed by atoms with E-state index in [1.54, 1.807) is 41.3 Å². The lowest BCUT2D eigenvalue weighted by Gasteiger charge is -2.42. The predicted octanol–water partition coefficient (Wildman–Crippen LogP) is 1.32. The van der Waals surface area contributed by atoms with Crippen molar-refractivity contribution in [2.45, 2.75) is 37.8 Å². The van der Waals surface area contributed by atoms with Crippen LogP contribution in [-0.4, -0.2) is 61.8 Å². The molecule has 0 spiro atoms. The number of carboxylic acids is 1. The first kappa shape index (κ1) is 17.7. The van der Waals surface area contributed by atoms with Crippen molar-refractivity contribution in [2.75, 3.05) is 13.1 Å². The van der Waals surface area contributed by atoms with Crippen LogP contribution < -0.4 is 5.32 Å². The van der Waals surface area contributed by atoms with E-state index < -0.39 is 5.97 Å². The molecule has 8 heteroatoms. The number of nitrogens with zero attached hydrogens (tertiary/aromatic N) is 4. The molecule has 1 amide bonds. The molecule has 2 aliphatic rings. The van der Waals surface area contributed by atoms with Gasteiger partial charge in [0.1, 0.15) is 5.69 Å². The van der Waals surface area contributed by atoms with Crippen molar-refractivity contribution in [3.63, 3.8) is 0 Å². The Kier molecular flexibility index (Phi) is 4.89. The summed E-state index contributed by atoms with van der Waals surface area (Å²) in [6.45, 7) is 0.931. The number of nitrogens with one attached hydrogen (secondary N) is 1. The van der Waals surface area contributed by atoms with Gasteiger partial charge in [0.05, 0.1) is 6.54 Å². The van der Waals surface area contributed by atoms with Gasteiger partial charge in [-0.1, -0.05) is 6.07 Å². The topological polar surface area (TPSA) is 100 Å². The zero-order valence-electron chi connectivity index (χ0n) is 15.0. The predicted molar refractivity (Wildman–Crippen MR) is 97.6 cm³/mol. The van der Waals surface area contributed by atoms with E-state index in [-0.39, 0.29) is 24.5 Å². The molecule has 2 aliphatic carbocycles. The van der Waals surface area contributed by atoms with Gasteiger partial charge in [0, 0.05) is 31.0 Å². The molecular formula is C19H23N5O3. The fraction of sp³-hybridized carbons (Fsp3) is 0.474. The van der Waals surface area contributed by atoms with Crippen LogP contribution in [0.25, 0.3) is 5.82 Å². The maximum atomic E-state index is 12.5. The number of carboxylic acid groups (broad SMARTS) is 1.